The highest BCUT2D eigenvalue weighted by molar-refractivity contribution is 5.94. The van der Waals surface area contributed by atoms with Crippen LogP contribution in [0.3, 0.4) is 0 Å². The van der Waals surface area contributed by atoms with Crippen LogP contribution in [0.15, 0.2) is 12.1 Å². The topological polar surface area (TPSA) is 32.3 Å². The minimum atomic E-state index is -1.59. The van der Waals surface area contributed by atoms with E-state index in [4.69, 9.17) is 0 Å². The quantitative estimate of drug-likeness (QED) is 0.782. The van der Waals surface area contributed by atoms with Crippen molar-refractivity contribution in [3.63, 3.8) is 0 Å². The molecule has 0 bridgehead atoms. The van der Waals surface area contributed by atoms with E-state index in [0.717, 1.165) is 25.2 Å². The van der Waals surface area contributed by atoms with Gasteiger partial charge in [0, 0.05) is 26.2 Å². The summed E-state index contributed by atoms with van der Waals surface area (Å²) < 4.78 is 39.6. The van der Waals surface area contributed by atoms with Gasteiger partial charge in [-0.2, -0.15) is 0 Å². The third-order valence-corrected chi connectivity index (χ3v) is 3.94. The van der Waals surface area contributed by atoms with Crippen LogP contribution in [0.25, 0.3) is 0 Å². The van der Waals surface area contributed by atoms with E-state index in [1.165, 1.54) is 4.90 Å². The molecule has 0 aromatic heterocycles. The van der Waals surface area contributed by atoms with Gasteiger partial charge in [0.25, 0.3) is 5.91 Å². The average molecular weight is 270 g/mol. The fourth-order valence-electron chi connectivity index (χ4n) is 2.88. The molecule has 2 heterocycles. The maximum atomic E-state index is 13.6. The lowest BCUT2D eigenvalue weighted by molar-refractivity contribution is 0.0775. The van der Waals surface area contributed by atoms with Gasteiger partial charge in [0.15, 0.2) is 17.5 Å². The van der Waals surface area contributed by atoms with Gasteiger partial charge in [-0.3, -0.25) is 4.79 Å². The number of benzene rings is 1. The first kappa shape index (κ1) is 12.5. The molecule has 0 saturated carbocycles. The second-order valence-electron chi connectivity index (χ2n) is 5.11. The number of fused-ring (bicyclic) bond motifs is 1. The van der Waals surface area contributed by atoms with Crippen molar-refractivity contribution in [2.45, 2.75) is 0 Å². The molecule has 102 valence electrons. The molecule has 2 aliphatic rings. The Labute approximate surface area is 108 Å². The van der Waals surface area contributed by atoms with Crippen molar-refractivity contribution in [1.82, 2.24) is 10.2 Å². The van der Waals surface area contributed by atoms with Crippen LogP contribution in [0.4, 0.5) is 13.2 Å². The predicted octanol–water partition coefficient (Wildman–Crippen LogP) is 1.40. The second kappa shape index (κ2) is 4.52. The maximum absolute atomic E-state index is 13.6. The molecule has 1 amide bonds. The standard InChI is InChI=1S/C13H13F3N2O/c14-10-2-1-9(11(15)12(10)16)13(19)18-5-7-3-17-4-8(7)6-18/h1-2,7-8,17H,3-6H2. The SMILES string of the molecule is O=C(c1ccc(F)c(F)c1F)N1CC2CNCC2C1. The molecule has 2 aliphatic heterocycles. The number of nitrogens with one attached hydrogen (secondary N) is 1. The smallest absolute Gasteiger partial charge is 0.256 e. The highest BCUT2D eigenvalue weighted by Gasteiger charge is 2.39. The summed E-state index contributed by atoms with van der Waals surface area (Å²) >= 11 is 0. The van der Waals surface area contributed by atoms with E-state index in [1.54, 1.807) is 0 Å². The number of rotatable bonds is 1. The summed E-state index contributed by atoms with van der Waals surface area (Å²) in [5.41, 5.74) is -0.396. The van der Waals surface area contributed by atoms with Gasteiger partial charge < -0.3 is 10.2 Å². The summed E-state index contributed by atoms with van der Waals surface area (Å²) in [5, 5.41) is 3.23. The molecular formula is C13H13F3N2O. The normalized spacial score (nSPS) is 25.7. The second-order valence-corrected chi connectivity index (χ2v) is 5.11. The Morgan fingerprint density at radius 3 is 2.37 bits per heavy atom. The molecule has 2 saturated heterocycles. The van der Waals surface area contributed by atoms with Gasteiger partial charge in [-0.1, -0.05) is 0 Å². The minimum absolute atomic E-state index is 0.373. The zero-order valence-electron chi connectivity index (χ0n) is 10.1. The first-order valence-electron chi connectivity index (χ1n) is 6.21. The molecule has 0 aliphatic carbocycles. The number of amides is 1. The van der Waals surface area contributed by atoms with Gasteiger partial charge in [-0.25, -0.2) is 13.2 Å². The first-order chi connectivity index (χ1) is 9.08. The Kier molecular flexibility index (Phi) is 2.97. The lowest BCUT2D eigenvalue weighted by atomic mass is 10.0. The van der Waals surface area contributed by atoms with Crippen molar-refractivity contribution in [2.24, 2.45) is 11.8 Å². The van der Waals surface area contributed by atoms with Crippen LogP contribution in [0, 0.1) is 29.3 Å². The Balaban J connectivity index is 1.83. The van der Waals surface area contributed by atoms with Crippen LogP contribution in [-0.2, 0) is 0 Å². The van der Waals surface area contributed by atoms with E-state index in [1.807, 2.05) is 0 Å². The van der Waals surface area contributed by atoms with E-state index >= 15 is 0 Å². The number of carbonyl (C=O) groups excluding carboxylic acids is 1. The number of carbonyl (C=O) groups is 1. The van der Waals surface area contributed by atoms with Crippen molar-refractivity contribution >= 4 is 5.91 Å². The van der Waals surface area contributed by atoms with Crippen LogP contribution in [-0.4, -0.2) is 37.0 Å². The van der Waals surface area contributed by atoms with Gasteiger partial charge >= 0.3 is 0 Å². The molecule has 2 atom stereocenters. The fraction of sp³-hybridized carbons (Fsp3) is 0.462. The molecular weight excluding hydrogens is 257 g/mol. The number of nitrogens with zero attached hydrogens (tertiary/aromatic N) is 1. The van der Waals surface area contributed by atoms with Crippen molar-refractivity contribution in [3.05, 3.63) is 35.1 Å². The van der Waals surface area contributed by atoms with Crippen molar-refractivity contribution in [1.29, 1.82) is 0 Å². The zero-order valence-corrected chi connectivity index (χ0v) is 10.1. The van der Waals surface area contributed by atoms with Crippen molar-refractivity contribution < 1.29 is 18.0 Å². The lowest BCUT2D eigenvalue weighted by Gasteiger charge is -2.18. The van der Waals surface area contributed by atoms with Gasteiger partial charge in [0.1, 0.15) is 0 Å². The highest BCUT2D eigenvalue weighted by Crippen LogP contribution is 2.28. The van der Waals surface area contributed by atoms with Gasteiger partial charge in [0.2, 0.25) is 0 Å². The van der Waals surface area contributed by atoms with Gasteiger partial charge in [0.05, 0.1) is 5.56 Å². The highest BCUT2D eigenvalue weighted by atomic mass is 19.2. The molecule has 6 heteroatoms. The molecule has 3 nitrogen and oxygen atoms in total. The van der Waals surface area contributed by atoms with E-state index in [-0.39, 0.29) is 0 Å². The van der Waals surface area contributed by atoms with Crippen LogP contribution in [0.2, 0.25) is 0 Å². The van der Waals surface area contributed by atoms with Crippen LogP contribution in [0.5, 0.6) is 0 Å². The summed E-state index contributed by atoms with van der Waals surface area (Å²) in [4.78, 5) is 13.7. The Hall–Kier alpha value is -1.56. The molecule has 2 unspecified atom stereocenters. The zero-order chi connectivity index (χ0) is 13.6. The van der Waals surface area contributed by atoms with Crippen LogP contribution in [0.1, 0.15) is 10.4 Å². The summed E-state index contributed by atoms with van der Waals surface area (Å²) in [6.45, 7) is 2.76. The monoisotopic (exact) mass is 270 g/mol. The number of hydrogen-bond donors (Lipinski definition) is 1. The van der Waals surface area contributed by atoms with E-state index in [9.17, 15) is 18.0 Å². The largest absolute Gasteiger partial charge is 0.338 e. The third kappa shape index (κ3) is 2.00. The van der Waals surface area contributed by atoms with Gasteiger partial charge in [-0.05, 0) is 24.0 Å². The summed E-state index contributed by atoms with van der Waals surface area (Å²) in [6, 6.07) is 1.78. The Morgan fingerprint density at radius 1 is 1.11 bits per heavy atom. The molecule has 3 rings (SSSR count). The maximum Gasteiger partial charge on any atom is 0.256 e. The molecule has 0 radical (unpaired) electrons. The Morgan fingerprint density at radius 2 is 1.74 bits per heavy atom. The first-order valence-corrected chi connectivity index (χ1v) is 6.21. The molecule has 1 N–H and O–H groups in total. The molecule has 0 spiro atoms. The lowest BCUT2D eigenvalue weighted by Crippen LogP contribution is -2.32. The van der Waals surface area contributed by atoms with E-state index < -0.39 is 28.9 Å². The molecule has 1 aromatic rings. The summed E-state index contributed by atoms with van der Waals surface area (Å²) in [5.74, 6) is -4.09. The molecule has 2 fully saturated rings. The third-order valence-electron chi connectivity index (χ3n) is 3.94. The Bertz CT molecular complexity index is 523. The molecule has 1 aromatic carbocycles. The van der Waals surface area contributed by atoms with Gasteiger partial charge in [-0.15, -0.1) is 0 Å². The average Bonchev–Trinajstić information content (AvgIpc) is 2.96. The number of likely N-dealkylation sites (tertiary alicyclic amines) is 1. The van der Waals surface area contributed by atoms with E-state index in [2.05, 4.69) is 5.32 Å². The summed E-state index contributed by atoms with van der Waals surface area (Å²) in [6.07, 6.45) is 0. The van der Waals surface area contributed by atoms with Crippen molar-refractivity contribution in [3.8, 4) is 0 Å². The van der Waals surface area contributed by atoms with Crippen LogP contribution >= 0.6 is 0 Å². The predicted molar refractivity (Wildman–Crippen MR) is 62.1 cm³/mol. The summed E-state index contributed by atoms with van der Waals surface area (Å²) in [7, 11) is 0. The number of hydrogen-bond acceptors (Lipinski definition) is 2. The fourth-order valence-corrected chi connectivity index (χ4v) is 2.88. The number of halogens is 3. The molecule has 19 heavy (non-hydrogen) atoms. The van der Waals surface area contributed by atoms with Crippen molar-refractivity contribution in [2.75, 3.05) is 26.2 Å². The minimum Gasteiger partial charge on any atom is -0.338 e. The van der Waals surface area contributed by atoms with Crippen LogP contribution < -0.4 is 5.32 Å². The van der Waals surface area contributed by atoms with E-state index in [0.29, 0.717) is 24.9 Å².